The molecule has 1 heterocycles. The minimum atomic E-state index is -0.0134. The van der Waals surface area contributed by atoms with Gasteiger partial charge in [-0.15, -0.1) is 6.58 Å². The van der Waals surface area contributed by atoms with Crippen LogP contribution in [-0.4, -0.2) is 30.2 Å². The summed E-state index contributed by atoms with van der Waals surface area (Å²) < 4.78 is 5.40. The molecule has 12 heavy (non-hydrogen) atoms. The van der Waals surface area contributed by atoms with Crippen molar-refractivity contribution in [2.24, 2.45) is 0 Å². The second-order valence-electron chi connectivity index (χ2n) is 2.78. The molecule has 0 spiro atoms. The van der Waals surface area contributed by atoms with Crippen molar-refractivity contribution in [3.63, 3.8) is 0 Å². The first-order valence-corrected chi connectivity index (χ1v) is 4.31. The van der Waals surface area contributed by atoms with Gasteiger partial charge in [-0.05, 0) is 6.92 Å². The van der Waals surface area contributed by atoms with Crippen LogP contribution in [0.4, 0.5) is 0 Å². The largest absolute Gasteiger partial charge is 0.359 e. The molecule has 1 atom stereocenters. The molecule has 0 saturated carbocycles. The quantitative estimate of drug-likeness (QED) is 0.591. The van der Waals surface area contributed by atoms with Crippen molar-refractivity contribution < 1.29 is 9.53 Å². The van der Waals surface area contributed by atoms with Crippen molar-refractivity contribution in [1.29, 1.82) is 0 Å². The van der Waals surface area contributed by atoms with Crippen LogP contribution in [0.15, 0.2) is 12.7 Å². The molecule has 1 fully saturated rings. The Morgan fingerprint density at radius 3 is 3.17 bits per heavy atom. The SMILES string of the molecule is C=CCN1C(=O)CC[C@H]1OCC. The third-order valence-electron chi connectivity index (χ3n) is 1.96. The monoisotopic (exact) mass is 169 g/mol. The van der Waals surface area contributed by atoms with Gasteiger partial charge in [-0.1, -0.05) is 6.08 Å². The predicted octanol–water partition coefficient (Wildman–Crippen LogP) is 1.16. The summed E-state index contributed by atoms with van der Waals surface area (Å²) in [5.74, 6) is 0.174. The Morgan fingerprint density at radius 1 is 1.83 bits per heavy atom. The molecule has 68 valence electrons. The van der Waals surface area contributed by atoms with E-state index < -0.39 is 0 Å². The molecule has 0 aliphatic carbocycles. The molecule has 3 heteroatoms. The van der Waals surface area contributed by atoms with Gasteiger partial charge in [0, 0.05) is 26.0 Å². The maximum atomic E-state index is 11.2. The van der Waals surface area contributed by atoms with Gasteiger partial charge in [0.1, 0.15) is 6.23 Å². The smallest absolute Gasteiger partial charge is 0.225 e. The molecule has 1 rings (SSSR count). The number of likely N-dealkylation sites (tertiary alicyclic amines) is 1. The molecule has 3 nitrogen and oxygen atoms in total. The molecule has 1 amide bonds. The van der Waals surface area contributed by atoms with E-state index in [-0.39, 0.29) is 12.1 Å². The van der Waals surface area contributed by atoms with Gasteiger partial charge in [0.25, 0.3) is 0 Å². The van der Waals surface area contributed by atoms with Crippen LogP contribution in [0.1, 0.15) is 19.8 Å². The zero-order chi connectivity index (χ0) is 8.97. The summed E-state index contributed by atoms with van der Waals surface area (Å²) in [4.78, 5) is 13.0. The molecule has 1 saturated heterocycles. The van der Waals surface area contributed by atoms with Gasteiger partial charge < -0.3 is 9.64 Å². The molecule has 0 radical (unpaired) electrons. The normalized spacial score (nSPS) is 23.2. The van der Waals surface area contributed by atoms with E-state index in [2.05, 4.69) is 6.58 Å². The number of hydrogen-bond donors (Lipinski definition) is 0. The zero-order valence-electron chi connectivity index (χ0n) is 7.45. The Balaban J connectivity index is 2.50. The molecular weight excluding hydrogens is 154 g/mol. The van der Waals surface area contributed by atoms with Crippen molar-refractivity contribution in [3.8, 4) is 0 Å². The van der Waals surface area contributed by atoms with Gasteiger partial charge >= 0.3 is 0 Å². The zero-order valence-corrected chi connectivity index (χ0v) is 7.45. The molecule has 0 aromatic rings. The summed E-state index contributed by atoms with van der Waals surface area (Å²) in [7, 11) is 0. The van der Waals surface area contributed by atoms with Crippen molar-refractivity contribution in [3.05, 3.63) is 12.7 Å². The molecule has 1 aliphatic rings. The third kappa shape index (κ3) is 1.85. The minimum absolute atomic E-state index is 0.0134. The van der Waals surface area contributed by atoms with E-state index in [1.807, 2.05) is 6.92 Å². The van der Waals surface area contributed by atoms with Crippen LogP contribution < -0.4 is 0 Å². The van der Waals surface area contributed by atoms with Gasteiger partial charge in [-0.25, -0.2) is 0 Å². The van der Waals surface area contributed by atoms with Crippen LogP contribution in [0.25, 0.3) is 0 Å². The highest BCUT2D eigenvalue weighted by Gasteiger charge is 2.29. The fraction of sp³-hybridized carbons (Fsp3) is 0.667. The highest BCUT2D eigenvalue weighted by atomic mass is 16.5. The molecular formula is C9H15NO2. The Bertz CT molecular complexity index is 179. The van der Waals surface area contributed by atoms with E-state index in [1.54, 1.807) is 11.0 Å². The lowest BCUT2D eigenvalue weighted by Crippen LogP contribution is -2.34. The van der Waals surface area contributed by atoms with Crippen LogP contribution >= 0.6 is 0 Å². The average Bonchev–Trinajstić information content (AvgIpc) is 2.37. The summed E-state index contributed by atoms with van der Waals surface area (Å²) in [6.45, 7) is 6.80. The van der Waals surface area contributed by atoms with Gasteiger partial charge in [-0.3, -0.25) is 4.79 Å². The van der Waals surface area contributed by atoms with Crippen LogP contribution in [0.3, 0.4) is 0 Å². The molecule has 0 aromatic carbocycles. The molecule has 0 unspecified atom stereocenters. The number of carbonyl (C=O) groups is 1. The molecule has 0 bridgehead atoms. The number of ether oxygens (including phenoxy) is 1. The van der Waals surface area contributed by atoms with E-state index in [4.69, 9.17) is 4.74 Å². The van der Waals surface area contributed by atoms with E-state index >= 15 is 0 Å². The highest BCUT2D eigenvalue weighted by molar-refractivity contribution is 5.78. The average molecular weight is 169 g/mol. The third-order valence-corrected chi connectivity index (χ3v) is 1.96. The predicted molar refractivity (Wildman–Crippen MR) is 46.6 cm³/mol. The number of nitrogens with zero attached hydrogens (tertiary/aromatic N) is 1. The van der Waals surface area contributed by atoms with E-state index in [1.165, 1.54) is 0 Å². The second kappa shape index (κ2) is 4.26. The van der Waals surface area contributed by atoms with E-state index in [9.17, 15) is 4.79 Å². The number of amides is 1. The summed E-state index contributed by atoms with van der Waals surface area (Å²) in [5.41, 5.74) is 0. The minimum Gasteiger partial charge on any atom is -0.359 e. The first-order valence-electron chi connectivity index (χ1n) is 4.31. The van der Waals surface area contributed by atoms with Crippen molar-refractivity contribution in [2.75, 3.05) is 13.2 Å². The lowest BCUT2D eigenvalue weighted by molar-refractivity contribution is -0.135. The molecule has 1 aliphatic heterocycles. The maximum absolute atomic E-state index is 11.2. The first kappa shape index (κ1) is 9.26. The van der Waals surface area contributed by atoms with Gasteiger partial charge in [0.2, 0.25) is 5.91 Å². The topological polar surface area (TPSA) is 29.5 Å². The Kier molecular flexibility index (Phi) is 3.29. The maximum Gasteiger partial charge on any atom is 0.225 e. The molecule has 0 aromatic heterocycles. The van der Waals surface area contributed by atoms with E-state index in [0.717, 1.165) is 6.42 Å². The fourth-order valence-electron chi connectivity index (χ4n) is 1.43. The van der Waals surface area contributed by atoms with Crippen LogP contribution in [0.5, 0.6) is 0 Å². The number of hydrogen-bond acceptors (Lipinski definition) is 2. The number of rotatable bonds is 4. The van der Waals surface area contributed by atoms with Crippen molar-refractivity contribution in [1.82, 2.24) is 4.90 Å². The first-order chi connectivity index (χ1) is 5.79. The summed E-state index contributed by atoms with van der Waals surface area (Å²) >= 11 is 0. The van der Waals surface area contributed by atoms with Crippen molar-refractivity contribution >= 4 is 5.91 Å². The fourth-order valence-corrected chi connectivity index (χ4v) is 1.43. The highest BCUT2D eigenvalue weighted by Crippen LogP contribution is 2.18. The second-order valence-corrected chi connectivity index (χ2v) is 2.78. The van der Waals surface area contributed by atoms with Gasteiger partial charge in [0.05, 0.1) is 0 Å². The van der Waals surface area contributed by atoms with Crippen LogP contribution in [0.2, 0.25) is 0 Å². The van der Waals surface area contributed by atoms with Gasteiger partial charge in [0.15, 0.2) is 0 Å². The molecule has 0 N–H and O–H groups in total. The standard InChI is InChI=1S/C9H15NO2/c1-3-7-10-8(11)5-6-9(10)12-4-2/h3,9H,1,4-7H2,2H3/t9-/m1/s1. The van der Waals surface area contributed by atoms with Crippen LogP contribution in [0, 0.1) is 0 Å². The summed E-state index contributed by atoms with van der Waals surface area (Å²) in [6, 6.07) is 0. The van der Waals surface area contributed by atoms with Crippen molar-refractivity contribution in [2.45, 2.75) is 26.0 Å². The summed E-state index contributed by atoms with van der Waals surface area (Å²) in [6.07, 6.45) is 3.15. The Morgan fingerprint density at radius 2 is 2.58 bits per heavy atom. The lowest BCUT2D eigenvalue weighted by Gasteiger charge is -2.22. The van der Waals surface area contributed by atoms with Gasteiger partial charge in [-0.2, -0.15) is 0 Å². The van der Waals surface area contributed by atoms with E-state index in [0.29, 0.717) is 19.6 Å². The Hall–Kier alpha value is -0.830. The summed E-state index contributed by atoms with van der Waals surface area (Å²) in [5, 5.41) is 0. The van der Waals surface area contributed by atoms with Crippen LogP contribution in [-0.2, 0) is 9.53 Å². The lowest BCUT2D eigenvalue weighted by atomic mass is 10.3. The number of carbonyl (C=O) groups excluding carboxylic acids is 1. The Labute approximate surface area is 73.0 Å².